The molecule has 2 aromatic heterocycles. The third-order valence-corrected chi connectivity index (χ3v) is 6.33. The van der Waals surface area contributed by atoms with Gasteiger partial charge in [0.25, 0.3) is 0 Å². The number of aliphatic imine (C=N–C) groups is 1. The number of nitrogens with one attached hydrogen (secondary N) is 2. The van der Waals surface area contributed by atoms with E-state index >= 15 is 0 Å². The Labute approximate surface area is 180 Å². The maximum Gasteiger partial charge on any atom is 0.201 e. The molecule has 0 radical (unpaired) electrons. The predicted molar refractivity (Wildman–Crippen MR) is 117 cm³/mol. The van der Waals surface area contributed by atoms with E-state index in [1.165, 1.54) is 6.21 Å². The first-order valence-corrected chi connectivity index (χ1v) is 10.7. The zero-order valence-corrected chi connectivity index (χ0v) is 17.5. The molecule has 1 fully saturated rings. The lowest BCUT2D eigenvalue weighted by molar-refractivity contribution is 0.316. The summed E-state index contributed by atoms with van der Waals surface area (Å²) in [6, 6.07) is 3.93. The number of rotatable bonds is 4. The highest BCUT2D eigenvalue weighted by Crippen LogP contribution is 2.43. The van der Waals surface area contributed by atoms with E-state index in [1.54, 1.807) is 36.7 Å². The number of aromatic nitrogens is 3. The molecule has 1 saturated heterocycles. The predicted octanol–water partition coefficient (Wildman–Crippen LogP) is 4.76. The minimum Gasteiger partial charge on any atom is -0.344 e. The van der Waals surface area contributed by atoms with Gasteiger partial charge in [-0.1, -0.05) is 19.9 Å². The molecule has 5 unspecified atom stereocenters. The van der Waals surface area contributed by atoms with Crippen molar-refractivity contribution in [2.24, 2.45) is 10.9 Å². The van der Waals surface area contributed by atoms with Crippen LogP contribution in [0.5, 0.6) is 0 Å². The molecule has 5 atom stereocenters. The van der Waals surface area contributed by atoms with Crippen molar-refractivity contribution < 1.29 is 8.78 Å². The number of dihydropyridines is 1. The number of fused-ring (bicyclic) bond motifs is 1. The molecule has 0 amide bonds. The summed E-state index contributed by atoms with van der Waals surface area (Å²) in [5.74, 6) is 0.126. The Morgan fingerprint density at radius 1 is 1.26 bits per heavy atom. The molecule has 0 aromatic carbocycles. The molecule has 0 bridgehead atoms. The van der Waals surface area contributed by atoms with Crippen LogP contribution in [0.25, 0.3) is 11.3 Å². The van der Waals surface area contributed by atoms with E-state index in [0.717, 1.165) is 17.0 Å². The number of alkyl halides is 1. The second-order valence-electron chi connectivity index (χ2n) is 8.64. The Morgan fingerprint density at radius 2 is 2.13 bits per heavy atom. The van der Waals surface area contributed by atoms with Crippen molar-refractivity contribution in [2.45, 2.75) is 50.5 Å². The van der Waals surface area contributed by atoms with Crippen LogP contribution in [0.15, 0.2) is 65.2 Å². The van der Waals surface area contributed by atoms with Crippen molar-refractivity contribution in [1.29, 1.82) is 0 Å². The molecule has 3 aliphatic rings. The topological polar surface area (TPSA) is 66.0 Å². The van der Waals surface area contributed by atoms with Gasteiger partial charge in [-0.15, -0.1) is 0 Å². The van der Waals surface area contributed by atoms with Crippen LogP contribution in [0.2, 0.25) is 0 Å². The van der Waals surface area contributed by atoms with Crippen molar-refractivity contribution in [3.63, 3.8) is 0 Å². The molecule has 2 aliphatic heterocycles. The van der Waals surface area contributed by atoms with Gasteiger partial charge < -0.3 is 10.3 Å². The number of aromatic amines is 1. The number of hydrogen-bond donors (Lipinski definition) is 2. The van der Waals surface area contributed by atoms with Gasteiger partial charge in [0.05, 0.1) is 23.2 Å². The number of hydrogen-bond acceptors (Lipinski definition) is 4. The second-order valence-corrected chi connectivity index (χ2v) is 8.64. The van der Waals surface area contributed by atoms with Gasteiger partial charge in [0.2, 0.25) is 6.30 Å². The van der Waals surface area contributed by atoms with E-state index in [-0.39, 0.29) is 23.8 Å². The van der Waals surface area contributed by atoms with Crippen molar-refractivity contribution >= 4 is 6.21 Å². The van der Waals surface area contributed by atoms with Crippen LogP contribution in [0.3, 0.4) is 0 Å². The highest BCUT2D eigenvalue weighted by Gasteiger charge is 2.43. The van der Waals surface area contributed by atoms with Gasteiger partial charge in [0.15, 0.2) is 0 Å². The number of halogens is 2. The zero-order valence-electron chi connectivity index (χ0n) is 17.5. The maximum absolute atomic E-state index is 14.7. The van der Waals surface area contributed by atoms with Crippen LogP contribution in [0.4, 0.5) is 8.78 Å². The molecule has 0 spiro atoms. The number of nitrogens with zero attached hydrogens (tertiary/aromatic N) is 3. The fourth-order valence-electron chi connectivity index (χ4n) is 4.83. The van der Waals surface area contributed by atoms with E-state index < -0.39 is 12.2 Å². The van der Waals surface area contributed by atoms with Crippen LogP contribution >= 0.6 is 0 Å². The van der Waals surface area contributed by atoms with Gasteiger partial charge in [-0.2, -0.15) is 0 Å². The zero-order chi connectivity index (χ0) is 21.5. The number of H-pyrrole nitrogens is 1. The van der Waals surface area contributed by atoms with Gasteiger partial charge in [-0.3, -0.25) is 9.98 Å². The summed E-state index contributed by atoms with van der Waals surface area (Å²) in [6.07, 6.45) is 10.9. The summed E-state index contributed by atoms with van der Waals surface area (Å²) in [4.78, 5) is 16.5. The third kappa shape index (κ3) is 3.57. The molecule has 160 valence electrons. The van der Waals surface area contributed by atoms with Gasteiger partial charge in [-0.25, -0.2) is 13.8 Å². The molecule has 0 saturated carbocycles. The lowest BCUT2D eigenvalue weighted by Crippen LogP contribution is -2.35. The minimum atomic E-state index is -1.39. The Kier molecular flexibility index (Phi) is 5.14. The second kappa shape index (κ2) is 7.96. The fraction of sp³-hybridized carbons (Fsp3) is 0.375. The van der Waals surface area contributed by atoms with E-state index in [2.05, 4.69) is 34.1 Å². The number of allylic oxidation sites excluding steroid dienone is 3. The van der Waals surface area contributed by atoms with Crippen molar-refractivity contribution in [3.8, 4) is 11.3 Å². The third-order valence-electron chi connectivity index (χ3n) is 6.33. The highest BCUT2D eigenvalue weighted by atomic mass is 19.1. The first-order chi connectivity index (χ1) is 15.0. The molecule has 4 heterocycles. The SMILES string of the molecule is CC(C)C1NC2CC=C(F)C=C2C1c1nc(-c2cccnc2)c(C2C=CC=NC2F)[nH]1. The first-order valence-electron chi connectivity index (χ1n) is 10.7. The van der Waals surface area contributed by atoms with E-state index in [1.807, 2.05) is 12.1 Å². The van der Waals surface area contributed by atoms with Gasteiger partial charge in [0, 0.05) is 36.3 Å². The molecule has 2 aromatic rings. The van der Waals surface area contributed by atoms with E-state index in [0.29, 0.717) is 23.7 Å². The highest BCUT2D eigenvalue weighted by molar-refractivity contribution is 5.73. The van der Waals surface area contributed by atoms with Crippen LogP contribution in [0, 0.1) is 5.92 Å². The van der Waals surface area contributed by atoms with Crippen molar-refractivity contribution in [3.05, 3.63) is 71.7 Å². The molecule has 7 heteroatoms. The molecule has 5 nitrogen and oxygen atoms in total. The summed E-state index contributed by atoms with van der Waals surface area (Å²) in [5.41, 5.74) is 3.13. The van der Waals surface area contributed by atoms with Gasteiger partial charge in [0.1, 0.15) is 11.7 Å². The summed E-state index contributed by atoms with van der Waals surface area (Å²) >= 11 is 0. The van der Waals surface area contributed by atoms with Gasteiger partial charge >= 0.3 is 0 Å². The summed E-state index contributed by atoms with van der Waals surface area (Å²) in [6.45, 7) is 4.29. The van der Waals surface area contributed by atoms with E-state index in [9.17, 15) is 8.78 Å². The molecular formula is C24H25F2N5. The monoisotopic (exact) mass is 421 g/mol. The average Bonchev–Trinajstić information content (AvgIpc) is 3.36. The Bertz CT molecular complexity index is 1080. The maximum atomic E-state index is 14.7. The van der Waals surface area contributed by atoms with E-state index in [4.69, 9.17) is 4.98 Å². The Morgan fingerprint density at radius 3 is 2.87 bits per heavy atom. The summed E-state index contributed by atoms with van der Waals surface area (Å²) < 4.78 is 28.9. The molecule has 2 N–H and O–H groups in total. The van der Waals surface area contributed by atoms with Crippen molar-refractivity contribution in [2.75, 3.05) is 0 Å². The minimum absolute atomic E-state index is 0.0837. The smallest absolute Gasteiger partial charge is 0.201 e. The number of pyridine rings is 1. The first kappa shape index (κ1) is 20.0. The van der Waals surface area contributed by atoms with Crippen LogP contribution < -0.4 is 5.32 Å². The van der Waals surface area contributed by atoms with Crippen LogP contribution in [-0.4, -0.2) is 39.5 Å². The quantitative estimate of drug-likeness (QED) is 0.700. The average molecular weight is 421 g/mol. The molecular weight excluding hydrogens is 396 g/mol. The summed E-state index contributed by atoms with van der Waals surface area (Å²) in [7, 11) is 0. The molecule has 5 rings (SSSR count). The number of imidazole rings is 1. The standard InChI is InChI=1S/C24H25F2N5/c1-13(2)20-19(17-11-15(25)7-8-18(17)29-20)24-30-21(14-5-3-9-27-12-14)22(31-24)16-6-4-10-28-23(16)26/h3-7,9-13,16,18-20,23,29H,8H2,1-2H3,(H,30,31). The summed E-state index contributed by atoms with van der Waals surface area (Å²) in [5, 5.41) is 3.65. The molecule has 31 heavy (non-hydrogen) atoms. The van der Waals surface area contributed by atoms with Crippen LogP contribution in [-0.2, 0) is 0 Å². The lowest BCUT2D eigenvalue weighted by Gasteiger charge is -2.22. The normalized spacial score (nSPS) is 29.8. The Balaban J connectivity index is 1.64. The lowest BCUT2D eigenvalue weighted by atomic mass is 9.85. The largest absolute Gasteiger partial charge is 0.344 e. The fourth-order valence-corrected chi connectivity index (χ4v) is 4.83. The van der Waals surface area contributed by atoms with Crippen molar-refractivity contribution in [1.82, 2.24) is 20.3 Å². The molecule has 1 aliphatic carbocycles. The van der Waals surface area contributed by atoms with Crippen LogP contribution in [0.1, 0.15) is 43.6 Å². The van der Waals surface area contributed by atoms with Gasteiger partial charge in [-0.05, 0) is 48.3 Å². The Hall–Kier alpha value is -2.93.